The van der Waals surface area contributed by atoms with Crippen LogP contribution in [0.3, 0.4) is 0 Å². The van der Waals surface area contributed by atoms with Gasteiger partial charge in [-0.2, -0.15) is 5.10 Å². The van der Waals surface area contributed by atoms with Gasteiger partial charge in [-0.3, -0.25) is 25.0 Å². The zero-order chi connectivity index (χ0) is 14.7. The second-order valence-electron chi connectivity index (χ2n) is 4.29. The van der Waals surface area contributed by atoms with Gasteiger partial charge < -0.3 is 4.90 Å². The number of amides is 1. The first-order valence-corrected chi connectivity index (χ1v) is 5.85. The molecule has 0 unspecified atom stereocenters. The van der Waals surface area contributed by atoms with E-state index >= 15 is 0 Å². The second-order valence-corrected chi connectivity index (χ2v) is 4.29. The Morgan fingerprint density at radius 1 is 1.50 bits per heavy atom. The maximum Gasteiger partial charge on any atom is 0.322 e. The fraction of sp³-hybridized carbons (Fsp3) is 0.250. The van der Waals surface area contributed by atoms with Crippen LogP contribution in [0.4, 0.5) is 5.69 Å². The monoisotopic (exact) mass is 275 g/mol. The first kappa shape index (κ1) is 13.7. The number of hydrogen-bond acceptors (Lipinski definition) is 5. The summed E-state index contributed by atoms with van der Waals surface area (Å²) < 4.78 is 0. The summed E-state index contributed by atoms with van der Waals surface area (Å²) >= 11 is 0. The zero-order valence-corrected chi connectivity index (χ0v) is 11.0. The highest BCUT2D eigenvalue weighted by Gasteiger charge is 2.29. The number of H-pyrrole nitrogens is 1. The van der Waals surface area contributed by atoms with E-state index in [1.807, 2.05) is 6.07 Å². The normalized spacial score (nSPS) is 10.3. The van der Waals surface area contributed by atoms with Gasteiger partial charge in [-0.25, -0.2) is 0 Å². The number of aromatic nitrogens is 3. The lowest BCUT2D eigenvalue weighted by Gasteiger charge is -2.14. The van der Waals surface area contributed by atoms with Gasteiger partial charge in [0.2, 0.25) is 5.69 Å². The van der Waals surface area contributed by atoms with Crippen LogP contribution in [0.1, 0.15) is 21.9 Å². The molecule has 0 fully saturated rings. The molecule has 2 heterocycles. The quantitative estimate of drug-likeness (QED) is 0.668. The molecule has 0 spiro atoms. The Hall–Kier alpha value is -2.77. The lowest BCUT2D eigenvalue weighted by molar-refractivity contribution is -0.385. The lowest BCUT2D eigenvalue weighted by atomic mass is 10.2. The minimum Gasteiger partial charge on any atom is -0.334 e. The van der Waals surface area contributed by atoms with Crippen molar-refractivity contribution in [3.05, 3.63) is 51.6 Å². The molecule has 104 valence electrons. The van der Waals surface area contributed by atoms with Gasteiger partial charge >= 0.3 is 5.69 Å². The first-order valence-electron chi connectivity index (χ1n) is 5.85. The number of carbonyl (C=O) groups is 1. The predicted octanol–water partition coefficient (Wildman–Crippen LogP) is 1.29. The molecule has 2 rings (SSSR count). The minimum absolute atomic E-state index is 0.189. The number of carbonyl (C=O) groups excluding carboxylic acids is 1. The van der Waals surface area contributed by atoms with Crippen molar-refractivity contribution in [2.45, 2.75) is 13.5 Å². The molecule has 20 heavy (non-hydrogen) atoms. The second kappa shape index (κ2) is 5.47. The van der Waals surface area contributed by atoms with E-state index in [1.165, 1.54) is 11.8 Å². The Kier molecular flexibility index (Phi) is 3.74. The summed E-state index contributed by atoms with van der Waals surface area (Å²) in [5.41, 5.74) is 0.469. The Morgan fingerprint density at radius 2 is 2.25 bits per heavy atom. The molecule has 2 aromatic rings. The summed E-state index contributed by atoms with van der Waals surface area (Å²) in [5, 5.41) is 17.1. The van der Waals surface area contributed by atoms with Crippen LogP contribution >= 0.6 is 0 Å². The maximum absolute atomic E-state index is 12.2. The third-order valence-corrected chi connectivity index (χ3v) is 2.77. The van der Waals surface area contributed by atoms with Crippen molar-refractivity contribution in [2.24, 2.45) is 0 Å². The molecule has 1 amide bonds. The molecule has 0 atom stereocenters. The standard InChI is InChI=1S/C12H13N5O3/c1-8-11(17(19)20)10(15-14-8)12(18)16(2)7-9-5-3-4-6-13-9/h3-6H,7H2,1-2H3,(H,14,15). The van der Waals surface area contributed by atoms with Gasteiger partial charge in [0.1, 0.15) is 5.69 Å². The van der Waals surface area contributed by atoms with Crippen LogP contribution in [-0.2, 0) is 6.54 Å². The van der Waals surface area contributed by atoms with Gasteiger partial charge in [0.05, 0.1) is 17.2 Å². The fourth-order valence-corrected chi connectivity index (χ4v) is 1.78. The van der Waals surface area contributed by atoms with E-state index in [-0.39, 0.29) is 23.6 Å². The topological polar surface area (TPSA) is 105 Å². The average molecular weight is 275 g/mol. The summed E-state index contributed by atoms with van der Waals surface area (Å²) in [6.45, 7) is 1.75. The number of nitrogens with one attached hydrogen (secondary N) is 1. The Balaban J connectivity index is 2.21. The van der Waals surface area contributed by atoms with Crippen molar-refractivity contribution in [2.75, 3.05) is 7.05 Å². The Morgan fingerprint density at radius 3 is 2.85 bits per heavy atom. The van der Waals surface area contributed by atoms with Gasteiger partial charge in [-0.15, -0.1) is 0 Å². The molecular formula is C12H13N5O3. The van der Waals surface area contributed by atoms with Crippen LogP contribution in [0.15, 0.2) is 24.4 Å². The van der Waals surface area contributed by atoms with E-state index in [4.69, 9.17) is 0 Å². The molecule has 0 aromatic carbocycles. The van der Waals surface area contributed by atoms with E-state index in [0.29, 0.717) is 5.69 Å². The third-order valence-electron chi connectivity index (χ3n) is 2.77. The van der Waals surface area contributed by atoms with Gasteiger partial charge in [-0.1, -0.05) is 6.07 Å². The minimum atomic E-state index is -0.610. The number of nitro groups is 1. The van der Waals surface area contributed by atoms with E-state index in [2.05, 4.69) is 15.2 Å². The SMILES string of the molecule is Cc1[nH]nc(C(=O)N(C)Cc2ccccn2)c1[N+](=O)[O-]. The highest BCUT2D eigenvalue weighted by Crippen LogP contribution is 2.21. The van der Waals surface area contributed by atoms with Crippen molar-refractivity contribution >= 4 is 11.6 Å². The van der Waals surface area contributed by atoms with Crippen molar-refractivity contribution in [1.29, 1.82) is 0 Å². The van der Waals surface area contributed by atoms with Crippen molar-refractivity contribution in [3.8, 4) is 0 Å². The summed E-state index contributed by atoms with van der Waals surface area (Å²) in [4.78, 5) is 28.0. The highest BCUT2D eigenvalue weighted by molar-refractivity contribution is 5.96. The lowest BCUT2D eigenvalue weighted by Crippen LogP contribution is -2.27. The van der Waals surface area contributed by atoms with Crippen LogP contribution in [-0.4, -0.2) is 38.0 Å². The summed E-state index contributed by atoms with van der Waals surface area (Å²) in [6, 6.07) is 5.35. The number of nitrogens with zero attached hydrogens (tertiary/aromatic N) is 4. The highest BCUT2D eigenvalue weighted by atomic mass is 16.6. The van der Waals surface area contributed by atoms with Gasteiger partial charge in [0, 0.05) is 13.2 Å². The molecule has 0 saturated heterocycles. The van der Waals surface area contributed by atoms with E-state index in [0.717, 1.165) is 0 Å². The summed E-state index contributed by atoms with van der Waals surface area (Å²) in [5.74, 6) is -0.522. The molecule has 0 aliphatic rings. The number of hydrogen-bond donors (Lipinski definition) is 1. The Bertz CT molecular complexity index is 638. The smallest absolute Gasteiger partial charge is 0.322 e. The number of aromatic amines is 1. The van der Waals surface area contributed by atoms with Gasteiger partial charge in [-0.05, 0) is 19.1 Å². The average Bonchev–Trinajstić information content (AvgIpc) is 2.81. The van der Waals surface area contributed by atoms with Gasteiger partial charge in [0.15, 0.2) is 0 Å². The van der Waals surface area contributed by atoms with E-state index in [9.17, 15) is 14.9 Å². The third kappa shape index (κ3) is 2.63. The molecule has 0 bridgehead atoms. The number of pyridine rings is 1. The van der Waals surface area contributed by atoms with Gasteiger partial charge in [0.25, 0.3) is 5.91 Å². The largest absolute Gasteiger partial charge is 0.334 e. The molecule has 0 aliphatic carbocycles. The van der Waals surface area contributed by atoms with Crippen molar-refractivity contribution < 1.29 is 9.72 Å². The molecule has 8 nitrogen and oxygen atoms in total. The van der Waals surface area contributed by atoms with Crippen LogP contribution in [0.5, 0.6) is 0 Å². The van der Waals surface area contributed by atoms with Crippen molar-refractivity contribution in [1.82, 2.24) is 20.1 Å². The molecule has 0 radical (unpaired) electrons. The molecule has 8 heteroatoms. The van der Waals surface area contributed by atoms with E-state index < -0.39 is 10.8 Å². The number of rotatable bonds is 4. The van der Waals surface area contributed by atoms with Crippen LogP contribution in [0, 0.1) is 17.0 Å². The molecule has 0 aliphatic heterocycles. The molecular weight excluding hydrogens is 262 g/mol. The fourth-order valence-electron chi connectivity index (χ4n) is 1.78. The Labute approximate surface area is 114 Å². The summed E-state index contributed by atoms with van der Waals surface area (Å²) in [7, 11) is 1.55. The van der Waals surface area contributed by atoms with E-state index in [1.54, 1.807) is 25.4 Å². The van der Waals surface area contributed by atoms with Crippen LogP contribution in [0.2, 0.25) is 0 Å². The zero-order valence-electron chi connectivity index (χ0n) is 11.0. The maximum atomic E-state index is 12.2. The molecule has 1 N–H and O–H groups in total. The first-order chi connectivity index (χ1) is 9.50. The summed E-state index contributed by atoms with van der Waals surface area (Å²) in [6.07, 6.45) is 1.62. The number of aryl methyl sites for hydroxylation is 1. The van der Waals surface area contributed by atoms with Crippen LogP contribution < -0.4 is 0 Å². The molecule has 0 saturated carbocycles. The molecule has 2 aromatic heterocycles. The van der Waals surface area contributed by atoms with Crippen molar-refractivity contribution in [3.63, 3.8) is 0 Å². The predicted molar refractivity (Wildman–Crippen MR) is 70.0 cm³/mol. The van der Waals surface area contributed by atoms with Crippen LogP contribution in [0.25, 0.3) is 0 Å².